The second-order valence-electron chi connectivity index (χ2n) is 7.65. The third kappa shape index (κ3) is 4.21. The lowest BCUT2D eigenvalue weighted by Crippen LogP contribution is -2.15. The molecule has 0 aliphatic carbocycles. The fraction of sp³-hybridized carbons (Fsp3) is 0.0769. The van der Waals surface area contributed by atoms with Gasteiger partial charge >= 0.3 is 0 Å². The minimum atomic E-state index is -0.482. The number of hydrogen-bond donors (Lipinski definition) is 1. The molecular weight excluding hydrogens is 417 g/mol. The molecule has 0 saturated heterocycles. The average molecular weight is 437 g/mol. The topological polar surface area (TPSA) is 72.7 Å². The van der Waals surface area contributed by atoms with Crippen LogP contribution in [-0.4, -0.2) is 25.7 Å². The van der Waals surface area contributed by atoms with Gasteiger partial charge in [-0.3, -0.25) is 9.78 Å². The number of para-hydroxylation sites is 2. The first-order valence-electron chi connectivity index (χ1n) is 10.5. The molecule has 162 valence electrons. The van der Waals surface area contributed by atoms with Crippen molar-refractivity contribution < 1.29 is 9.18 Å². The summed E-state index contributed by atoms with van der Waals surface area (Å²) in [5.41, 5.74) is 4.12. The SMILES string of the molecule is Cc1cccc(-n2nc(CC(=O)Nc3ccccc3F)cc2-c2ccnc3ccccc23)n1. The van der Waals surface area contributed by atoms with Crippen LogP contribution in [0.3, 0.4) is 0 Å². The molecule has 6 nitrogen and oxygen atoms in total. The van der Waals surface area contributed by atoms with Gasteiger partial charge in [-0.05, 0) is 49.4 Å². The Morgan fingerprint density at radius 3 is 2.67 bits per heavy atom. The fourth-order valence-corrected chi connectivity index (χ4v) is 3.77. The molecule has 0 fully saturated rings. The highest BCUT2D eigenvalue weighted by Crippen LogP contribution is 2.30. The van der Waals surface area contributed by atoms with Gasteiger partial charge in [-0.15, -0.1) is 0 Å². The quantitative estimate of drug-likeness (QED) is 0.415. The van der Waals surface area contributed by atoms with Gasteiger partial charge in [-0.1, -0.05) is 36.4 Å². The maximum atomic E-state index is 13.9. The number of nitrogens with one attached hydrogen (secondary N) is 1. The minimum absolute atomic E-state index is 0.0107. The molecule has 1 N–H and O–H groups in total. The van der Waals surface area contributed by atoms with E-state index >= 15 is 0 Å². The van der Waals surface area contributed by atoms with Gasteiger partial charge in [0.15, 0.2) is 5.82 Å². The molecule has 3 aromatic heterocycles. The number of nitrogens with zero attached hydrogens (tertiary/aromatic N) is 4. The lowest BCUT2D eigenvalue weighted by molar-refractivity contribution is -0.115. The normalized spacial score (nSPS) is 11.0. The maximum absolute atomic E-state index is 13.9. The summed E-state index contributed by atoms with van der Waals surface area (Å²) in [7, 11) is 0. The van der Waals surface area contributed by atoms with Gasteiger partial charge in [0.2, 0.25) is 5.91 Å². The molecule has 3 heterocycles. The van der Waals surface area contributed by atoms with Crippen LogP contribution in [0.25, 0.3) is 28.0 Å². The van der Waals surface area contributed by atoms with Gasteiger partial charge < -0.3 is 5.32 Å². The average Bonchev–Trinajstić information content (AvgIpc) is 3.23. The summed E-state index contributed by atoms with van der Waals surface area (Å²) < 4.78 is 15.7. The van der Waals surface area contributed by atoms with Crippen molar-refractivity contribution in [2.75, 3.05) is 5.32 Å². The van der Waals surface area contributed by atoms with E-state index in [0.717, 1.165) is 27.9 Å². The highest BCUT2D eigenvalue weighted by atomic mass is 19.1. The molecule has 2 aromatic carbocycles. The van der Waals surface area contributed by atoms with Gasteiger partial charge in [0.25, 0.3) is 0 Å². The number of amides is 1. The van der Waals surface area contributed by atoms with E-state index in [1.807, 2.05) is 61.5 Å². The number of fused-ring (bicyclic) bond motifs is 1. The molecule has 0 aliphatic rings. The molecule has 5 aromatic rings. The number of carbonyl (C=O) groups excluding carboxylic acids is 1. The number of anilines is 1. The minimum Gasteiger partial charge on any atom is -0.323 e. The highest BCUT2D eigenvalue weighted by molar-refractivity contribution is 5.95. The van der Waals surface area contributed by atoms with E-state index in [0.29, 0.717) is 11.5 Å². The van der Waals surface area contributed by atoms with Crippen LogP contribution in [0.1, 0.15) is 11.4 Å². The first-order valence-corrected chi connectivity index (χ1v) is 10.5. The Morgan fingerprint density at radius 2 is 1.82 bits per heavy atom. The molecule has 0 bridgehead atoms. The van der Waals surface area contributed by atoms with Crippen molar-refractivity contribution >= 4 is 22.5 Å². The van der Waals surface area contributed by atoms with Gasteiger partial charge in [-0.2, -0.15) is 5.10 Å². The predicted molar refractivity (Wildman–Crippen MR) is 126 cm³/mol. The third-order valence-corrected chi connectivity index (χ3v) is 5.27. The number of pyridine rings is 2. The van der Waals surface area contributed by atoms with Crippen molar-refractivity contribution in [3.8, 4) is 17.1 Å². The first-order chi connectivity index (χ1) is 16.1. The summed E-state index contributed by atoms with van der Waals surface area (Å²) in [6, 6.07) is 23.4. The summed E-state index contributed by atoms with van der Waals surface area (Å²) >= 11 is 0. The van der Waals surface area contributed by atoms with Gasteiger partial charge in [0, 0.05) is 22.8 Å². The number of hydrogen-bond acceptors (Lipinski definition) is 4. The maximum Gasteiger partial charge on any atom is 0.230 e. The van der Waals surface area contributed by atoms with Gasteiger partial charge in [0.1, 0.15) is 5.82 Å². The van der Waals surface area contributed by atoms with E-state index in [1.165, 1.54) is 12.1 Å². The van der Waals surface area contributed by atoms with E-state index in [2.05, 4.69) is 20.4 Å². The zero-order valence-corrected chi connectivity index (χ0v) is 17.9. The zero-order chi connectivity index (χ0) is 22.8. The molecule has 0 aliphatic heterocycles. The number of aromatic nitrogens is 4. The summed E-state index contributed by atoms with van der Waals surface area (Å²) in [6.07, 6.45) is 1.74. The van der Waals surface area contributed by atoms with E-state index in [1.54, 1.807) is 23.0 Å². The molecule has 33 heavy (non-hydrogen) atoms. The van der Waals surface area contributed by atoms with Crippen molar-refractivity contribution in [2.24, 2.45) is 0 Å². The summed E-state index contributed by atoms with van der Waals surface area (Å²) in [4.78, 5) is 21.7. The summed E-state index contributed by atoms with van der Waals surface area (Å²) in [5.74, 6) is -0.191. The first kappa shape index (κ1) is 20.5. The molecule has 5 rings (SSSR count). The molecule has 7 heteroatoms. The van der Waals surface area contributed by atoms with E-state index in [4.69, 9.17) is 0 Å². The summed E-state index contributed by atoms with van der Waals surface area (Å²) in [6.45, 7) is 1.91. The van der Waals surface area contributed by atoms with E-state index < -0.39 is 5.82 Å². The number of benzene rings is 2. The molecular formula is C26H20FN5O. The van der Waals surface area contributed by atoms with Gasteiger partial charge in [0.05, 0.1) is 29.0 Å². The Balaban J connectivity index is 1.57. The van der Waals surface area contributed by atoms with Crippen LogP contribution in [0.2, 0.25) is 0 Å². The van der Waals surface area contributed by atoms with Crippen LogP contribution < -0.4 is 5.32 Å². The molecule has 0 unspecified atom stereocenters. The molecule has 0 atom stereocenters. The van der Waals surface area contributed by atoms with Crippen LogP contribution in [0, 0.1) is 12.7 Å². The Morgan fingerprint density at radius 1 is 1.00 bits per heavy atom. The largest absolute Gasteiger partial charge is 0.323 e. The lowest BCUT2D eigenvalue weighted by atomic mass is 10.1. The van der Waals surface area contributed by atoms with Gasteiger partial charge in [-0.25, -0.2) is 14.1 Å². The van der Waals surface area contributed by atoms with Crippen molar-refractivity contribution in [2.45, 2.75) is 13.3 Å². The number of aryl methyl sites for hydroxylation is 1. The third-order valence-electron chi connectivity index (χ3n) is 5.27. The predicted octanol–water partition coefficient (Wildman–Crippen LogP) is 5.11. The molecule has 0 saturated carbocycles. The molecule has 0 radical (unpaired) electrons. The second kappa shape index (κ2) is 8.63. The monoisotopic (exact) mass is 437 g/mol. The number of carbonyl (C=O) groups is 1. The van der Waals surface area contributed by atoms with Crippen molar-refractivity contribution in [3.63, 3.8) is 0 Å². The lowest BCUT2D eigenvalue weighted by Gasteiger charge is -2.09. The Hall–Kier alpha value is -4.39. The number of rotatable bonds is 5. The van der Waals surface area contributed by atoms with Crippen molar-refractivity contribution in [3.05, 3.63) is 102 Å². The van der Waals surface area contributed by atoms with Crippen LogP contribution in [-0.2, 0) is 11.2 Å². The zero-order valence-electron chi connectivity index (χ0n) is 17.9. The van der Waals surface area contributed by atoms with Crippen molar-refractivity contribution in [1.82, 2.24) is 19.7 Å². The smallest absolute Gasteiger partial charge is 0.230 e. The Kier molecular flexibility index (Phi) is 5.36. The molecule has 0 spiro atoms. The Labute approximate surface area is 189 Å². The highest BCUT2D eigenvalue weighted by Gasteiger charge is 2.17. The van der Waals surface area contributed by atoms with E-state index in [9.17, 15) is 9.18 Å². The summed E-state index contributed by atoms with van der Waals surface area (Å²) in [5, 5.41) is 8.27. The molecule has 1 amide bonds. The van der Waals surface area contributed by atoms with Crippen LogP contribution >= 0.6 is 0 Å². The van der Waals surface area contributed by atoms with Crippen LogP contribution in [0.4, 0.5) is 10.1 Å². The second-order valence-corrected chi connectivity index (χ2v) is 7.65. The fourth-order valence-electron chi connectivity index (χ4n) is 3.77. The van der Waals surface area contributed by atoms with Crippen LogP contribution in [0.15, 0.2) is 85.1 Å². The Bertz CT molecular complexity index is 1470. The standard InChI is InChI=1S/C26H20FN5O/c1-17-7-6-12-25(29-17)32-24(20-13-14-28-22-10-4-2-8-19(20)22)15-18(31-32)16-26(33)30-23-11-5-3-9-21(23)27/h2-15H,16H2,1H3,(H,30,33). The number of halogens is 1. The van der Waals surface area contributed by atoms with E-state index in [-0.39, 0.29) is 18.0 Å². The van der Waals surface area contributed by atoms with Crippen molar-refractivity contribution in [1.29, 1.82) is 0 Å². The van der Waals surface area contributed by atoms with Crippen LogP contribution in [0.5, 0.6) is 0 Å².